The molecular weight excluding hydrogens is 885 g/mol. The van der Waals surface area contributed by atoms with Gasteiger partial charge in [0.1, 0.15) is 66.7 Å². The minimum atomic E-state index is -0.912. The number of ether oxygens (including phenoxy) is 6. The van der Waals surface area contributed by atoms with Crippen LogP contribution < -0.4 is 23.7 Å². The molecule has 0 bridgehead atoms. The lowest BCUT2D eigenvalue weighted by Crippen LogP contribution is -2.14. The third kappa shape index (κ3) is 11.2. The Balaban J connectivity index is 0.000000241. The molecule has 0 amide bonds. The molecule has 11 heteroatoms. The fourth-order valence-electron chi connectivity index (χ4n) is 7.91. The zero-order chi connectivity index (χ0) is 48.4. The highest BCUT2D eigenvalue weighted by Gasteiger charge is 2.29. The van der Waals surface area contributed by atoms with Crippen LogP contribution in [0.5, 0.6) is 51.7 Å². The van der Waals surface area contributed by atoms with Gasteiger partial charge in [-0.3, -0.25) is 0 Å². The minimum Gasteiger partial charge on any atom is -0.508 e. The van der Waals surface area contributed by atoms with Gasteiger partial charge in [-0.15, -0.1) is 0 Å². The number of aliphatic hydroxyl groups is 1. The van der Waals surface area contributed by atoms with Gasteiger partial charge < -0.3 is 54.0 Å². The van der Waals surface area contributed by atoms with Crippen LogP contribution in [-0.2, 0) is 37.6 Å². The van der Waals surface area contributed by atoms with Crippen LogP contribution >= 0.6 is 0 Å². The van der Waals surface area contributed by atoms with Gasteiger partial charge >= 0.3 is 0 Å². The molecule has 0 saturated carbocycles. The first kappa shape index (κ1) is 46.2. The predicted octanol–water partition coefficient (Wildman–Crippen LogP) is 12.8. The van der Waals surface area contributed by atoms with Crippen LogP contribution in [0, 0.1) is 6.92 Å². The lowest BCUT2D eigenvalue weighted by Gasteiger charge is -2.26. The second-order valence-corrected chi connectivity index (χ2v) is 16.7. The summed E-state index contributed by atoms with van der Waals surface area (Å²) in [5.41, 5.74) is 7.81. The van der Waals surface area contributed by atoms with Gasteiger partial charge in [0.2, 0.25) is 0 Å². The lowest BCUT2D eigenvalue weighted by atomic mass is 10.00. The van der Waals surface area contributed by atoms with Gasteiger partial charge in [0, 0.05) is 35.2 Å². The van der Waals surface area contributed by atoms with Gasteiger partial charge in [-0.05, 0) is 83.3 Å². The lowest BCUT2D eigenvalue weighted by molar-refractivity contribution is 0.173. The van der Waals surface area contributed by atoms with Crippen molar-refractivity contribution in [2.24, 2.45) is 0 Å². The van der Waals surface area contributed by atoms with Crippen LogP contribution in [0.2, 0.25) is 0 Å². The summed E-state index contributed by atoms with van der Waals surface area (Å²) in [6.45, 7) is 3.73. The first-order chi connectivity index (χ1) is 34.1. The van der Waals surface area contributed by atoms with Crippen molar-refractivity contribution in [2.45, 2.75) is 45.9 Å². The number of phenolic OH excluding ortho intramolecular Hbond substituents is 4. The van der Waals surface area contributed by atoms with E-state index in [2.05, 4.69) is 43.3 Å². The van der Waals surface area contributed by atoms with Crippen LogP contribution in [0.15, 0.2) is 194 Å². The third-order valence-electron chi connectivity index (χ3n) is 11.5. The van der Waals surface area contributed by atoms with E-state index < -0.39 is 6.10 Å². The van der Waals surface area contributed by atoms with Gasteiger partial charge in [0.15, 0.2) is 34.9 Å². The van der Waals surface area contributed by atoms with E-state index in [-0.39, 0.29) is 40.1 Å². The smallest absolute Gasteiger partial charge is 0.180 e. The number of hydrogen-bond acceptors (Lipinski definition) is 11. The number of phenols is 4. The molecular formula is C59H50O11. The molecule has 2 heterocycles. The van der Waals surface area contributed by atoms with E-state index in [4.69, 9.17) is 28.4 Å². The summed E-state index contributed by atoms with van der Waals surface area (Å²) >= 11 is 0. The first-order valence-corrected chi connectivity index (χ1v) is 22.6. The molecule has 10 rings (SSSR count). The average molecular weight is 935 g/mol. The van der Waals surface area contributed by atoms with Crippen LogP contribution in [-0.4, -0.2) is 25.5 Å². The van der Waals surface area contributed by atoms with E-state index in [9.17, 15) is 25.5 Å². The van der Waals surface area contributed by atoms with Crippen molar-refractivity contribution in [1.29, 1.82) is 0 Å². The van der Waals surface area contributed by atoms with Crippen LogP contribution in [0.4, 0.5) is 0 Å². The summed E-state index contributed by atoms with van der Waals surface area (Å²) in [5, 5.41) is 48.1. The Morgan fingerprint density at radius 2 is 1.04 bits per heavy atom. The summed E-state index contributed by atoms with van der Waals surface area (Å²) < 4.78 is 38.0. The average Bonchev–Trinajstić information content (AvgIpc) is 3.38. The van der Waals surface area contributed by atoms with Gasteiger partial charge in [-0.25, -0.2) is 0 Å². The monoisotopic (exact) mass is 934 g/mol. The van der Waals surface area contributed by atoms with Crippen molar-refractivity contribution in [1.82, 2.24) is 0 Å². The third-order valence-corrected chi connectivity index (χ3v) is 11.5. The van der Waals surface area contributed by atoms with Crippen LogP contribution in [0.1, 0.15) is 56.2 Å². The van der Waals surface area contributed by atoms with E-state index in [0.717, 1.165) is 62.3 Å². The number of aliphatic hydroxyl groups excluding tert-OH is 1. The Kier molecular flexibility index (Phi) is 14.1. The Morgan fingerprint density at radius 1 is 0.486 bits per heavy atom. The Hall–Kier alpha value is -8.96. The molecule has 2 aliphatic heterocycles. The molecule has 0 aliphatic carbocycles. The maximum absolute atomic E-state index is 10.0. The maximum Gasteiger partial charge on any atom is 0.180 e. The molecule has 5 N–H and O–H groups in total. The minimum absolute atomic E-state index is 0.173. The fourth-order valence-corrected chi connectivity index (χ4v) is 7.91. The molecule has 0 aromatic heterocycles. The fraction of sp³-hybridized carbons (Fsp3) is 0.119. The van der Waals surface area contributed by atoms with Gasteiger partial charge in [0.25, 0.3) is 0 Å². The Labute approximate surface area is 405 Å². The molecule has 70 heavy (non-hydrogen) atoms. The number of rotatable bonds is 14. The second-order valence-electron chi connectivity index (χ2n) is 16.7. The molecule has 2 aliphatic rings. The topological polar surface area (TPSA) is 157 Å². The number of aryl methyl sites for hydroxylation is 1. The molecule has 11 nitrogen and oxygen atoms in total. The number of aromatic hydroxyl groups is 4. The van der Waals surface area contributed by atoms with E-state index in [0.29, 0.717) is 55.7 Å². The molecule has 8 aromatic carbocycles. The zero-order valence-electron chi connectivity index (χ0n) is 38.2. The van der Waals surface area contributed by atoms with E-state index >= 15 is 0 Å². The number of allylic oxidation sites excluding steroid dienone is 1. The van der Waals surface area contributed by atoms with E-state index in [1.807, 2.05) is 115 Å². The maximum atomic E-state index is 10.0. The number of fused-ring (bicyclic) bond motifs is 2. The highest BCUT2D eigenvalue weighted by Crippen LogP contribution is 2.45. The van der Waals surface area contributed by atoms with Crippen LogP contribution in [0.25, 0.3) is 11.8 Å². The van der Waals surface area contributed by atoms with Crippen molar-refractivity contribution in [3.05, 3.63) is 244 Å². The number of hydrogen-bond donors (Lipinski definition) is 5. The first-order valence-electron chi connectivity index (χ1n) is 22.6. The van der Waals surface area contributed by atoms with Gasteiger partial charge in [-0.1, -0.05) is 127 Å². The summed E-state index contributed by atoms with van der Waals surface area (Å²) in [6.07, 6.45) is 0.918. The van der Waals surface area contributed by atoms with Gasteiger partial charge in [0.05, 0.1) is 5.56 Å². The van der Waals surface area contributed by atoms with Crippen molar-refractivity contribution < 1.29 is 54.0 Å². The summed E-state index contributed by atoms with van der Waals surface area (Å²) in [5.74, 6) is 3.18. The Bertz CT molecular complexity index is 3140. The SMILES string of the molecule is Cc1cc(OCc2ccccc2)c2c(c1)OC(c1ccc(OCc3ccccc3)c(OCc3ccccc3)c1)=C(OCc1ccccc1)C2.OC1=Cc2c(O)cc(O)cc2OC1c1ccc(O)c(O)c1. The van der Waals surface area contributed by atoms with Crippen molar-refractivity contribution in [3.8, 4) is 51.7 Å². The molecule has 352 valence electrons. The van der Waals surface area contributed by atoms with E-state index in [1.54, 1.807) is 0 Å². The number of benzene rings is 8. The van der Waals surface area contributed by atoms with Crippen LogP contribution in [0.3, 0.4) is 0 Å². The highest BCUT2D eigenvalue weighted by atomic mass is 16.5. The normalized spacial score (nSPS) is 13.5. The molecule has 0 spiro atoms. The predicted molar refractivity (Wildman–Crippen MR) is 266 cm³/mol. The molecule has 1 atom stereocenters. The summed E-state index contributed by atoms with van der Waals surface area (Å²) in [6, 6.07) is 57.1. The molecule has 0 radical (unpaired) electrons. The zero-order valence-corrected chi connectivity index (χ0v) is 38.2. The summed E-state index contributed by atoms with van der Waals surface area (Å²) in [4.78, 5) is 0. The highest BCUT2D eigenvalue weighted by molar-refractivity contribution is 5.72. The second kappa shape index (κ2) is 21.3. The standard InChI is InChI=1S/C44H38O5.C15H12O6/c1-32-24-40(46-29-34-16-8-3-9-17-34)38-27-43(48-31-36-20-12-5-13-21-36)44(49-41(38)25-32)37-22-23-39(45-28-33-14-6-2-7-15-33)42(26-37)47-30-35-18-10-4-11-19-35;16-8-4-11(18)9-6-13(20)15(21-14(9)5-8)7-1-2-10(17)12(19)3-7/h2-26H,27-31H2,1H3;1-6,15-20H. The largest absolute Gasteiger partial charge is 0.508 e. The van der Waals surface area contributed by atoms with Crippen molar-refractivity contribution in [3.63, 3.8) is 0 Å². The quantitative estimate of drug-likeness (QED) is 0.0661. The van der Waals surface area contributed by atoms with Crippen molar-refractivity contribution >= 4 is 11.8 Å². The van der Waals surface area contributed by atoms with E-state index in [1.165, 1.54) is 30.3 Å². The Morgan fingerprint density at radius 3 is 1.63 bits per heavy atom. The molecule has 0 saturated heterocycles. The molecule has 8 aromatic rings. The van der Waals surface area contributed by atoms with Gasteiger partial charge in [-0.2, -0.15) is 0 Å². The molecule has 1 unspecified atom stereocenters. The molecule has 0 fully saturated rings. The van der Waals surface area contributed by atoms with Crippen molar-refractivity contribution in [2.75, 3.05) is 0 Å². The summed E-state index contributed by atoms with van der Waals surface area (Å²) in [7, 11) is 0.